The van der Waals surface area contributed by atoms with Gasteiger partial charge in [0.15, 0.2) is 0 Å². The van der Waals surface area contributed by atoms with Gasteiger partial charge in [0.05, 0.1) is 17.9 Å². The molecule has 0 spiro atoms. The van der Waals surface area contributed by atoms with Crippen molar-refractivity contribution in [2.45, 2.75) is 161 Å². The van der Waals surface area contributed by atoms with Gasteiger partial charge in [-0.25, -0.2) is 0 Å². The van der Waals surface area contributed by atoms with E-state index in [4.69, 9.17) is 0 Å². The van der Waals surface area contributed by atoms with Crippen LogP contribution in [0.4, 0.5) is 0 Å². The summed E-state index contributed by atoms with van der Waals surface area (Å²) in [5, 5.41) is 13.1. The van der Waals surface area contributed by atoms with Crippen LogP contribution in [-0.4, -0.2) is 41.9 Å². The molecule has 0 fully saturated rings. The summed E-state index contributed by atoms with van der Waals surface area (Å²) in [6.45, 7) is 4.31. The molecule has 42 heavy (non-hydrogen) atoms. The molecule has 244 valence electrons. The first kappa shape index (κ1) is 40.3. The highest BCUT2D eigenvalue weighted by Gasteiger charge is 2.26. The summed E-state index contributed by atoms with van der Waals surface area (Å²) >= 11 is 0. The number of aliphatic hydroxyl groups excluding tert-OH is 1. The van der Waals surface area contributed by atoms with E-state index in [-0.39, 0.29) is 5.91 Å². The number of allylic oxidation sites excluding steroid dienone is 8. The Kier molecular flexibility index (Phi) is 28.2. The van der Waals surface area contributed by atoms with Crippen molar-refractivity contribution in [3.63, 3.8) is 0 Å². The molecule has 0 saturated carbocycles. The van der Waals surface area contributed by atoms with E-state index in [1.165, 1.54) is 38.5 Å². The van der Waals surface area contributed by atoms with Crippen molar-refractivity contribution in [1.82, 2.24) is 5.32 Å². The zero-order valence-corrected chi connectivity index (χ0v) is 27.7. The number of hydrogen-bond acceptors (Lipinski definition) is 4. The second-order valence-corrected chi connectivity index (χ2v) is 12.9. The van der Waals surface area contributed by atoms with Crippen molar-refractivity contribution >= 4 is 16.0 Å². The maximum Gasteiger partial charge on any atom is 0.266 e. The maximum absolute atomic E-state index is 12.4. The lowest BCUT2D eigenvalue weighted by Crippen LogP contribution is -2.47. The van der Waals surface area contributed by atoms with E-state index in [1.54, 1.807) is 0 Å². The number of hydrogen-bond donors (Lipinski definition) is 3. The average Bonchev–Trinajstić information content (AvgIpc) is 2.94. The van der Waals surface area contributed by atoms with Crippen molar-refractivity contribution in [1.29, 1.82) is 0 Å². The standard InChI is InChI=1S/C35H63NO5S/c1-3-5-7-9-11-12-13-14-15-16-17-18-19-20-21-22-23-24-25-27-29-31-35(38)36-33(32-42(39,40)41)34(37)30-28-26-10-8-6-4-2/h5,7,11-12,14-15,17-18,33-34,37H,3-4,6,8-10,13,16,19-32H2,1-2H3,(H,36,38)(H,39,40,41)/b7-5-,12-11-,15-14-,18-17-. The molecule has 2 unspecified atom stereocenters. The van der Waals surface area contributed by atoms with Crippen LogP contribution in [0.1, 0.15) is 149 Å². The van der Waals surface area contributed by atoms with Crippen LogP contribution < -0.4 is 5.32 Å². The molecular weight excluding hydrogens is 546 g/mol. The molecule has 0 aromatic carbocycles. The van der Waals surface area contributed by atoms with Gasteiger partial charge >= 0.3 is 0 Å². The van der Waals surface area contributed by atoms with Gasteiger partial charge in [0.25, 0.3) is 10.1 Å². The molecule has 0 aliphatic carbocycles. The number of unbranched alkanes of at least 4 members (excludes halogenated alkanes) is 13. The first-order valence-corrected chi connectivity index (χ1v) is 18.4. The fraction of sp³-hybridized carbons (Fsp3) is 0.743. The van der Waals surface area contributed by atoms with Crippen molar-refractivity contribution in [2.24, 2.45) is 0 Å². The highest BCUT2D eigenvalue weighted by Crippen LogP contribution is 2.13. The minimum Gasteiger partial charge on any atom is -0.391 e. The van der Waals surface area contributed by atoms with Gasteiger partial charge in [-0.2, -0.15) is 8.42 Å². The summed E-state index contributed by atoms with van der Waals surface area (Å²) in [5.41, 5.74) is 0. The molecule has 0 saturated heterocycles. The van der Waals surface area contributed by atoms with Crippen molar-refractivity contribution in [2.75, 3.05) is 5.75 Å². The van der Waals surface area contributed by atoms with Crippen LogP contribution in [0.2, 0.25) is 0 Å². The van der Waals surface area contributed by atoms with Crippen LogP contribution in [0.5, 0.6) is 0 Å². The molecule has 7 heteroatoms. The molecule has 0 rings (SSSR count). The lowest BCUT2D eigenvalue weighted by molar-refractivity contribution is -0.122. The minimum atomic E-state index is -4.30. The number of rotatable bonds is 29. The fourth-order valence-corrected chi connectivity index (χ4v) is 5.56. The van der Waals surface area contributed by atoms with Gasteiger partial charge in [-0.1, -0.05) is 140 Å². The molecule has 0 aromatic rings. The number of carbonyl (C=O) groups is 1. The number of nitrogens with one attached hydrogen (secondary N) is 1. The first-order chi connectivity index (χ1) is 20.3. The third-order valence-corrected chi connectivity index (χ3v) is 8.08. The quantitative estimate of drug-likeness (QED) is 0.0446. The second-order valence-electron chi connectivity index (χ2n) is 11.4. The number of aliphatic hydroxyl groups is 1. The van der Waals surface area contributed by atoms with Crippen LogP contribution in [-0.2, 0) is 14.9 Å². The van der Waals surface area contributed by atoms with Gasteiger partial charge in [0, 0.05) is 6.42 Å². The zero-order chi connectivity index (χ0) is 31.2. The lowest BCUT2D eigenvalue weighted by atomic mass is 10.0. The Balaban J connectivity index is 3.85. The molecule has 3 N–H and O–H groups in total. The van der Waals surface area contributed by atoms with E-state index in [0.717, 1.165) is 83.5 Å². The van der Waals surface area contributed by atoms with E-state index in [2.05, 4.69) is 67.8 Å². The summed E-state index contributed by atoms with van der Waals surface area (Å²) in [6, 6.07) is -0.972. The minimum absolute atomic E-state index is 0.263. The van der Waals surface area contributed by atoms with Gasteiger partial charge < -0.3 is 10.4 Å². The van der Waals surface area contributed by atoms with Crippen LogP contribution in [0, 0.1) is 0 Å². The largest absolute Gasteiger partial charge is 0.391 e. The van der Waals surface area contributed by atoms with E-state index < -0.39 is 28.0 Å². The van der Waals surface area contributed by atoms with Crippen molar-refractivity contribution < 1.29 is 22.9 Å². The Morgan fingerprint density at radius 1 is 0.667 bits per heavy atom. The van der Waals surface area contributed by atoms with Crippen LogP contribution >= 0.6 is 0 Å². The predicted octanol–water partition coefficient (Wildman–Crippen LogP) is 9.18. The Hall–Kier alpha value is -1.70. The summed E-state index contributed by atoms with van der Waals surface area (Å²) in [5.74, 6) is -0.917. The first-order valence-electron chi connectivity index (χ1n) is 16.8. The summed E-state index contributed by atoms with van der Waals surface area (Å²) < 4.78 is 32.1. The zero-order valence-electron chi connectivity index (χ0n) is 26.9. The summed E-state index contributed by atoms with van der Waals surface area (Å²) in [6.07, 6.45) is 38.0. The van der Waals surface area contributed by atoms with Gasteiger partial charge in [-0.05, 0) is 51.4 Å². The van der Waals surface area contributed by atoms with Gasteiger partial charge in [0.1, 0.15) is 0 Å². The molecule has 0 aromatic heterocycles. The summed E-state index contributed by atoms with van der Waals surface area (Å²) in [4.78, 5) is 12.4. The van der Waals surface area contributed by atoms with Crippen molar-refractivity contribution in [3.8, 4) is 0 Å². The molecule has 2 atom stereocenters. The number of amides is 1. The normalized spacial score (nSPS) is 14.1. The lowest BCUT2D eigenvalue weighted by Gasteiger charge is -2.23. The number of carbonyl (C=O) groups excluding carboxylic acids is 1. The third kappa shape index (κ3) is 29.8. The molecule has 0 aliphatic heterocycles. The van der Waals surface area contributed by atoms with Crippen LogP contribution in [0.25, 0.3) is 0 Å². The maximum atomic E-state index is 12.4. The van der Waals surface area contributed by atoms with Gasteiger partial charge in [-0.3, -0.25) is 9.35 Å². The highest BCUT2D eigenvalue weighted by molar-refractivity contribution is 7.85. The second kappa shape index (κ2) is 29.4. The molecule has 6 nitrogen and oxygen atoms in total. The highest BCUT2D eigenvalue weighted by atomic mass is 32.2. The van der Waals surface area contributed by atoms with Gasteiger partial charge in [0.2, 0.25) is 5.91 Å². The van der Waals surface area contributed by atoms with Crippen LogP contribution in [0.15, 0.2) is 48.6 Å². The Morgan fingerprint density at radius 3 is 1.69 bits per heavy atom. The smallest absolute Gasteiger partial charge is 0.266 e. The van der Waals surface area contributed by atoms with E-state index >= 15 is 0 Å². The molecule has 0 aliphatic rings. The van der Waals surface area contributed by atoms with E-state index in [1.807, 2.05) is 0 Å². The van der Waals surface area contributed by atoms with Crippen LogP contribution in [0.3, 0.4) is 0 Å². The fourth-order valence-electron chi connectivity index (χ4n) is 4.80. The third-order valence-electron chi connectivity index (χ3n) is 7.30. The Labute approximate surface area is 259 Å². The van der Waals surface area contributed by atoms with Gasteiger partial charge in [-0.15, -0.1) is 0 Å². The molecular formula is C35H63NO5S. The molecule has 0 heterocycles. The Bertz CT molecular complexity index is 847. The average molecular weight is 610 g/mol. The van der Waals surface area contributed by atoms with E-state index in [0.29, 0.717) is 12.8 Å². The SMILES string of the molecule is CC/C=C\C/C=C\C/C=C\C/C=C\CCCCCCCCCCC(=O)NC(CS(=O)(=O)O)C(O)CCCCCCCC. The Morgan fingerprint density at radius 2 is 1.14 bits per heavy atom. The van der Waals surface area contributed by atoms with Crippen molar-refractivity contribution in [3.05, 3.63) is 48.6 Å². The van der Waals surface area contributed by atoms with E-state index in [9.17, 15) is 22.9 Å². The molecule has 0 radical (unpaired) electrons. The molecule has 1 amide bonds. The summed E-state index contributed by atoms with van der Waals surface area (Å²) in [7, 11) is -4.30. The predicted molar refractivity (Wildman–Crippen MR) is 179 cm³/mol. The molecule has 0 bridgehead atoms. The monoisotopic (exact) mass is 609 g/mol. The topological polar surface area (TPSA) is 104 Å².